The zero-order chi connectivity index (χ0) is 21.4. The minimum absolute atomic E-state index is 0.202. The smallest absolute Gasteiger partial charge is 0.272 e. The van der Waals surface area contributed by atoms with Crippen molar-refractivity contribution in [2.24, 2.45) is 7.05 Å². The number of carbonyl (C=O) groups is 1. The number of amides is 1. The van der Waals surface area contributed by atoms with E-state index in [0.29, 0.717) is 16.4 Å². The van der Waals surface area contributed by atoms with Crippen LogP contribution in [0.5, 0.6) is 0 Å². The number of nitrogens with one attached hydrogen (secondary N) is 2. The largest absolute Gasteiger partial charge is 0.351 e. The fourth-order valence-electron chi connectivity index (χ4n) is 3.88. The van der Waals surface area contributed by atoms with Crippen molar-refractivity contribution < 1.29 is 4.79 Å². The van der Waals surface area contributed by atoms with Gasteiger partial charge < -0.3 is 14.9 Å². The van der Waals surface area contributed by atoms with Crippen LogP contribution in [0.25, 0.3) is 21.9 Å². The zero-order valence-electron chi connectivity index (χ0n) is 17.0. The van der Waals surface area contributed by atoms with E-state index in [4.69, 9.17) is 16.6 Å². The molecule has 2 N–H and O–H groups in total. The van der Waals surface area contributed by atoms with E-state index in [9.17, 15) is 4.79 Å². The Labute approximate surface area is 184 Å². The predicted octanol–water partition coefficient (Wildman–Crippen LogP) is 5.75. The Morgan fingerprint density at radius 2 is 1.87 bits per heavy atom. The number of aromatic nitrogens is 3. The number of halogens is 1. The molecule has 5 nitrogen and oxygen atoms in total. The number of fused-ring (bicyclic) bond motifs is 2. The molecule has 0 aliphatic heterocycles. The lowest BCUT2D eigenvalue weighted by Gasteiger charge is -2.04. The zero-order valence-corrected chi connectivity index (χ0v) is 17.8. The predicted molar refractivity (Wildman–Crippen MR) is 126 cm³/mol. The molecule has 0 saturated heterocycles. The molecule has 0 aliphatic carbocycles. The maximum absolute atomic E-state index is 12.7. The third kappa shape index (κ3) is 3.92. The van der Waals surface area contributed by atoms with Crippen LogP contribution in [-0.4, -0.2) is 20.4 Å². The Balaban J connectivity index is 1.35. The van der Waals surface area contributed by atoms with Crippen molar-refractivity contribution in [1.82, 2.24) is 14.5 Å². The van der Waals surface area contributed by atoms with Gasteiger partial charge >= 0.3 is 0 Å². The van der Waals surface area contributed by atoms with Crippen LogP contribution in [0.3, 0.4) is 0 Å². The Hall–Kier alpha value is -3.57. The van der Waals surface area contributed by atoms with Crippen LogP contribution in [0.4, 0.5) is 5.69 Å². The standard InChI is InChI=1S/C25H21ClN4O/c1-30-23-11-9-19(15-21(23)29-24(30)12-7-16-5-3-2-4-6-16)27-25(31)22-14-17-13-18(26)8-10-20(17)28-22/h2-6,8-11,13-15,28H,7,12H2,1H3,(H,27,31). The van der Waals surface area contributed by atoms with Gasteiger partial charge in [-0.15, -0.1) is 0 Å². The molecule has 3 aromatic carbocycles. The molecular weight excluding hydrogens is 408 g/mol. The number of hydrogen-bond acceptors (Lipinski definition) is 2. The molecule has 0 spiro atoms. The summed E-state index contributed by atoms with van der Waals surface area (Å²) in [7, 11) is 2.03. The molecule has 154 valence electrons. The second-order valence-electron chi connectivity index (χ2n) is 7.64. The first-order valence-electron chi connectivity index (χ1n) is 10.2. The first-order valence-corrected chi connectivity index (χ1v) is 10.5. The number of imidazole rings is 1. The van der Waals surface area contributed by atoms with Gasteiger partial charge in [-0.2, -0.15) is 0 Å². The van der Waals surface area contributed by atoms with E-state index < -0.39 is 0 Å². The monoisotopic (exact) mass is 428 g/mol. The van der Waals surface area contributed by atoms with Crippen LogP contribution in [0, 0.1) is 0 Å². The fourth-order valence-corrected chi connectivity index (χ4v) is 4.06. The fraction of sp³-hybridized carbons (Fsp3) is 0.120. The van der Waals surface area contributed by atoms with E-state index in [2.05, 4.69) is 39.1 Å². The third-order valence-corrected chi connectivity index (χ3v) is 5.77. The van der Waals surface area contributed by atoms with Gasteiger partial charge in [0, 0.05) is 35.1 Å². The Morgan fingerprint density at radius 3 is 2.71 bits per heavy atom. The highest BCUT2D eigenvalue weighted by Crippen LogP contribution is 2.23. The molecule has 0 bridgehead atoms. The quantitative estimate of drug-likeness (QED) is 0.374. The SMILES string of the molecule is Cn1c(CCc2ccccc2)nc2cc(NC(=O)c3cc4cc(Cl)ccc4[nH]3)ccc21. The summed E-state index contributed by atoms with van der Waals surface area (Å²) < 4.78 is 2.12. The molecule has 6 heteroatoms. The molecular formula is C25H21ClN4O. The van der Waals surface area contributed by atoms with Gasteiger partial charge in [-0.1, -0.05) is 41.9 Å². The molecule has 31 heavy (non-hydrogen) atoms. The normalized spacial score (nSPS) is 11.3. The number of aryl methyl sites for hydroxylation is 3. The van der Waals surface area contributed by atoms with Gasteiger partial charge in [-0.05, 0) is 54.4 Å². The Kier molecular flexibility index (Phi) is 4.96. The summed E-state index contributed by atoms with van der Waals surface area (Å²) in [5, 5.41) is 4.50. The van der Waals surface area contributed by atoms with Crippen molar-refractivity contribution in [3.63, 3.8) is 0 Å². The van der Waals surface area contributed by atoms with Crippen molar-refractivity contribution in [2.75, 3.05) is 5.32 Å². The summed E-state index contributed by atoms with van der Waals surface area (Å²) in [6, 6.07) is 23.5. The highest BCUT2D eigenvalue weighted by atomic mass is 35.5. The highest BCUT2D eigenvalue weighted by Gasteiger charge is 2.13. The summed E-state index contributed by atoms with van der Waals surface area (Å²) in [5.41, 5.74) is 5.27. The van der Waals surface area contributed by atoms with Crippen molar-refractivity contribution in [1.29, 1.82) is 0 Å². The second kappa shape index (κ2) is 7.93. The lowest BCUT2D eigenvalue weighted by Crippen LogP contribution is -2.12. The van der Waals surface area contributed by atoms with E-state index in [1.54, 1.807) is 12.1 Å². The van der Waals surface area contributed by atoms with E-state index in [1.807, 2.05) is 43.4 Å². The Morgan fingerprint density at radius 1 is 1.03 bits per heavy atom. The minimum Gasteiger partial charge on any atom is -0.351 e. The van der Waals surface area contributed by atoms with Crippen molar-refractivity contribution in [3.05, 3.63) is 94.9 Å². The van der Waals surface area contributed by atoms with E-state index in [-0.39, 0.29) is 5.91 Å². The number of nitrogens with zero attached hydrogens (tertiary/aromatic N) is 2. The second-order valence-corrected chi connectivity index (χ2v) is 8.08. The lowest BCUT2D eigenvalue weighted by atomic mass is 10.1. The number of aromatic amines is 1. The maximum Gasteiger partial charge on any atom is 0.272 e. The van der Waals surface area contributed by atoms with Crippen LogP contribution in [0.2, 0.25) is 5.02 Å². The van der Waals surface area contributed by atoms with Crippen molar-refractivity contribution in [3.8, 4) is 0 Å². The summed E-state index contributed by atoms with van der Waals surface area (Å²) >= 11 is 6.04. The molecule has 2 aromatic heterocycles. The summed E-state index contributed by atoms with van der Waals surface area (Å²) in [6.07, 6.45) is 1.79. The molecule has 0 unspecified atom stereocenters. The van der Waals surface area contributed by atoms with Gasteiger partial charge in [0.15, 0.2) is 0 Å². The van der Waals surface area contributed by atoms with Gasteiger partial charge in [0.1, 0.15) is 11.5 Å². The Bertz CT molecular complexity index is 1400. The average Bonchev–Trinajstić information content (AvgIpc) is 3.33. The first-order chi connectivity index (χ1) is 15.1. The van der Waals surface area contributed by atoms with Crippen LogP contribution in [0.1, 0.15) is 21.9 Å². The van der Waals surface area contributed by atoms with Gasteiger partial charge in [0.25, 0.3) is 5.91 Å². The molecule has 1 amide bonds. The number of rotatable bonds is 5. The molecule has 0 fully saturated rings. The lowest BCUT2D eigenvalue weighted by molar-refractivity contribution is 0.102. The summed E-state index contributed by atoms with van der Waals surface area (Å²) in [4.78, 5) is 20.7. The highest BCUT2D eigenvalue weighted by molar-refractivity contribution is 6.31. The molecule has 2 heterocycles. The number of H-pyrrole nitrogens is 1. The van der Waals surface area contributed by atoms with Crippen LogP contribution >= 0.6 is 11.6 Å². The van der Waals surface area contributed by atoms with Gasteiger partial charge in [-0.3, -0.25) is 4.79 Å². The molecule has 0 atom stereocenters. The minimum atomic E-state index is -0.202. The average molecular weight is 429 g/mol. The van der Waals surface area contributed by atoms with E-state index >= 15 is 0 Å². The summed E-state index contributed by atoms with van der Waals surface area (Å²) in [6.45, 7) is 0. The van der Waals surface area contributed by atoms with Gasteiger partial charge in [0.05, 0.1) is 11.0 Å². The third-order valence-electron chi connectivity index (χ3n) is 5.54. The van der Waals surface area contributed by atoms with E-state index in [0.717, 1.165) is 40.6 Å². The van der Waals surface area contributed by atoms with Crippen molar-refractivity contribution in [2.45, 2.75) is 12.8 Å². The topological polar surface area (TPSA) is 62.7 Å². The van der Waals surface area contributed by atoms with Crippen LogP contribution in [0.15, 0.2) is 72.8 Å². The van der Waals surface area contributed by atoms with Gasteiger partial charge in [0.2, 0.25) is 0 Å². The number of anilines is 1. The first kappa shape index (κ1) is 19.4. The van der Waals surface area contributed by atoms with E-state index in [1.165, 1.54) is 5.56 Å². The van der Waals surface area contributed by atoms with Crippen molar-refractivity contribution >= 4 is 45.1 Å². The van der Waals surface area contributed by atoms with Crippen LogP contribution in [-0.2, 0) is 19.9 Å². The molecule has 5 aromatic rings. The molecule has 5 rings (SSSR count). The molecule has 0 saturated carbocycles. The number of benzene rings is 3. The summed E-state index contributed by atoms with van der Waals surface area (Å²) in [5.74, 6) is 0.821. The van der Waals surface area contributed by atoms with Crippen LogP contribution < -0.4 is 5.32 Å². The number of carbonyl (C=O) groups excluding carboxylic acids is 1. The molecule has 0 radical (unpaired) electrons. The number of hydrogen-bond donors (Lipinski definition) is 2. The van der Waals surface area contributed by atoms with Gasteiger partial charge in [-0.25, -0.2) is 4.98 Å². The maximum atomic E-state index is 12.7. The molecule has 0 aliphatic rings.